The second kappa shape index (κ2) is 7.93. The van der Waals surface area contributed by atoms with Crippen LogP contribution >= 0.6 is 11.8 Å². The summed E-state index contributed by atoms with van der Waals surface area (Å²) in [5.41, 5.74) is 1.86. The van der Waals surface area contributed by atoms with E-state index in [-0.39, 0.29) is 16.8 Å². The fourth-order valence-corrected chi connectivity index (χ4v) is 2.14. The minimum Gasteiger partial charge on any atom is -0.465 e. The number of carbonyl (C=O) groups is 2. The van der Waals surface area contributed by atoms with Crippen LogP contribution in [0.25, 0.3) is 0 Å². The molecule has 0 aliphatic carbocycles. The van der Waals surface area contributed by atoms with Gasteiger partial charge in [-0.1, -0.05) is 49.4 Å². The number of hydrogen-bond acceptors (Lipinski definition) is 4. The van der Waals surface area contributed by atoms with E-state index in [1.54, 1.807) is 6.92 Å². The van der Waals surface area contributed by atoms with Gasteiger partial charge in [0.1, 0.15) is 0 Å². The zero-order chi connectivity index (χ0) is 13.4. The van der Waals surface area contributed by atoms with E-state index in [2.05, 4.69) is 6.92 Å². The van der Waals surface area contributed by atoms with Gasteiger partial charge in [0.05, 0.1) is 12.4 Å². The van der Waals surface area contributed by atoms with Crippen LogP contribution in [-0.2, 0) is 16.0 Å². The number of ether oxygens (including phenoxy) is 1. The highest BCUT2D eigenvalue weighted by Gasteiger charge is 2.10. The number of aryl methyl sites for hydroxylation is 1. The van der Waals surface area contributed by atoms with Crippen molar-refractivity contribution in [1.29, 1.82) is 0 Å². The molecule has 0 saturated carbocycles. The van der Waals surface area contributed by atoms with Gasteiger partial charge >= 0.3 is 5.97 Å². The van der Waals surface area contributed by atoms with Gasteiger partial charge in [0.2, 0.25) is 5.12 Å². The van der Waals surface area contributed by atoms with E-state index >= 15 is 0 Å². The number of hydrogen-bond donors (Lipinski definition) is 0. The smallest absolute Gasteiger partial charge is 0.316 e. The van der Waals surface area contributed by atoms with Gasteiger partial charge in [-0.3, -0.25) is 9.59 Å². The Hall–Kier alpha value is -1.29. The molecule has 18 heavy (non-hydrogen) atoms. The lowest BCUT2D eigenvalue weighted by Crippen LogP contribution is -2.08. The molecular weight excluding hydrogens is 248 g/mol. The van der Waals surface area contributed by atoms with Crippen molar-refractivity contribution < 1.29 is 14.3 Å². The molecule has 0 amide bonds. The van der Waals surface area contributed by atoms with Gasteiger partial charge in [-0.15, -0.1) is 0 Å². The highest BCUT2D eigenvalue weighted by atomic mass is 32.2. The third kappa shape index (κ3) is 4.92. The Labute approximate surface area is 112 Å². The summed E-state index contributed by atoms with van der Waals surface area (Å²) in [6.45, 7) is 4.21. The summed E-state index contributed by atoms with van der Waals surface area (Å²) < 4.78 is 4.77. The SMILES string of the molecule is CCCc1ccc(C(=O)SCC(=O)OCC)cc1. The second-order valence-electron chi connectivity index (χ2n) is 3.83. The van der Waals surface area contributed by atoms with Gasteiger partial charge in [0.25, 0.3) is 0 Å². The Morgan fingerprint density at radius 2 is 1.83 bits per heavy atom. The molecule has 0 atom stereocenters. The molecule has 0 bridgehead atoms. The van der Waals surface area contributed by atoms with Gasteiger partial charge in [-0.05, 0) is 18.9 Å². The lowest BCUT2D eigenvalue weighted by molar-refractivity contribution is -0.139. The van der Waals surface area contributed by atoms with E-state index in [1.807, 2.05) is 24.3 Å². The number of thioether (sulfide) groups is 1. The maximum absolute atomic E-state index is 11.8. The zero-order valence-corrected chi connectivity index (χ0v) is 11.6. The van der Waals surface area contributed by atoms with Crippen LogP contribution in [-0.4, -0.2) is 23.4 Å². The predicted molar refractivity (Wildman–Crippen MR) is 73.9 cm³/mol. The molecule has 0 N–H and O–H groups in total. The van der Waals surface area contributed by atoms with Crippen LogP contribution in [0.15, 0.2) is 24.3 Å². The fraction of sp³-hybridized carbons (Fsp3) is 0.429. The summed E-state index contributed by atoms with van der Waals surface area (Å²) >= 11 is 0.983. The molecule has 0 aliphatic rings. The van der Waals surface area contributed by atoms with E-state index in [1.165, 1.54) is 5.56 Å². The van der Waals surface area contributed by atoms with Crippen LogP contribution in [0.1, 0.15) is 36.2 Å². The summed E-state index contributed by atoms with van der Waals surface area (Å²) in [7, 11) is 0. The van der Waals surface area contributed by atoms with E-state index in [0.29, 0.717) is 12.2 Å². The van der Waals surface area contributed by atoms with Crippen LogP contribution in [0, 0.1) is 0 Å². The topological polar surface area (TPSA) is 43.4 Å². The first-order valence-electron chi connectivity index (χ1n) is 6.09. The summed E-state index contributed by atoms with van der Waals surface area (Å²) in [6.07, 6.45) is 2.11. The van der Waals surface area contributed by atoms with Crippen LogP contribution in [0.5, 0.6) is 0 Å². The maximum Gasteiger partial charge on any atom is 0.316 e. The Kier molecular flexibility index (Phi) is 6.50. The van der Waals surface area contributed by atoms with Crippen molar-refractivity contribution in [2.45, 2.75) is 26.7 Å². The molecule has 0 heterocycles. The summed E-state index contributed by atoms with van der Waals surface area (Å²) in [5.74, 6) is -0.276. The molecule has 4 heteroatoms. The fourth-order valence-electron chi connectivity index (χ4n) is 1.51. The number of rotatable bonds is 6. The Balaban J connectivity index is 2.48. The van der Waals surface area contributed by atoms with E-state index in [0.717, 1.165) is 24.6 Å². The van der Waals surface area contributed by atoms with E-state index in [4.69, 9.17) is 4.74 Å². The third-order valence-corrected chi connectivity index (χ3v) is 3.23. The first-order chi connectivity index (χ1) is 8.67. The zero-order valence-electron chi connectivity index (χ0n) is 10.8. The van der Waals surface area contributed by atoms with Crippen molar-refractivity contribution in [3.63, 3.8) is 0 Å². The molecule has 0 aromatic heterocycles. The van der Waals surface area contributed by atoms with Crippen molar-refractivity contribution in [2.24, 2.45) is 0 Å². The van der Waals surface area contributed by atoms with Gasteiger partial charge in [0, 0.05) is 5.56 Å². The minimum absolute atomic E-state index is 0.0728. The average molecular weight is 266 g/mol. The second-order valence-corrected chi connectivity index (χ2v) is 4.78. The molecular formula is C14H18O3S. The minimum atomic E-state index is -0.349. The molecule has 0 spiro atoms. The highest BCUT2D eigenvalue weighted by molar-refractivity contribution is 8.14. The van der Waals surface area contributed by atoms with Crippen LogP contribution in [0.4, 0.5) is 0 Å². The summed E-state index contributed by atoms with van der Waals surface area (Å²) in [5, 5.41) is -0.0916. The molecule has 1 aromatic rings. The first-order valence-corrected chi connectivity index (χ1v) is 7.07. The molecule has 1 aromatic carbocycles. The van der Waals surface area contributed by atoms with Crippen LogP contribution < -0.4 is 0 Å². The van der Waals surface area contributed by atoms with Gasteiger partial charge in [0.15, 0.2) is 0 Å². The highest BCUT2D eigenvalue weighted by Crippen LogP contribution is 2.14. The third-order valence-electron chi connectivity index (χ3n) is 2.35. The monoisotopic (exact) mass is 266 g/mol. The van der Waals surface area contributed by atoms with Crippen LogP contribution in [0.3, 0.4) is 0 Å². The molecule has 3 nitrogen and oxygen atoms in total. The molecule has 0 unspecified atom stereocenters. The Morgan fingerprint density at radius 3 is 2.39 bits per heavy atom. The van der Waals surface area contributed by atoms with Crippen molar-refractivity contribution in [1.82, 2.24) is 0 Å². The number of esters is 1. The maximum atomic E-state index is 11.8. The van der Waals surface area contributed by atoms with Gasteiger partial charge in [-0.25, -0.2) is 0 Å². The average Bonchev–Trinajstić information content (AvgIpc) is 2.37. The summed E-state index contributed by atoms with van der Waals surface area (Å²) in [6, 6.07) is 7.54. The Morgan fingerprint density at radius 1 is 1.17 bits per heavy atom. The predicted octanol–water partition coefficient (Wildman–Crippen LogP) is 3.08. The quantitative estimate of drug-likeness (QED) is 0.742. The largest absolute Gasteiger partial charge is 0.465 e. The lowest BCUT2D eigenvalue weighted by atomic mass is 10.1. The molecule has 0 fully saturated rings. The van der Waals surface area contributed by atoms with Crippen molar-refractivity contribution in [3.05, 3.63) is 35.4 Å². The normalized spacial score (nSPS) is 10.1. The molecule has 0 radical (unpaired) electrons. The van der Waals surface area contributed by atoms with Crippen molar-refractivity contribution >= 4 is 22.8 Å². The Bertz CT molecular complexity index is 398. The molecule has 0 aliphatic heterocycles. The van der Waals surface area contributed by atoms with Crippen molar-refractivity contribution in [3.8, 4) is 0 Å². The lowest BCUT2D eigenvalue weighted by Gasteiger charge is -2.03. The summed E-state index contributed by atoms with van der Waals surface area (Å²) in [4.78, 5) is 22.9. The molecule has 98 valence electrons. The van der Waals surface area contributed by atoms with Crippen molar-refractivity contribution in [2.75, 3.05) is 12.4 Å². The van der Waals surface area contributed by atoms with Gasteiger partial charge in [-0.2, -0.15) is 0 Å². The standard InChI is InChI=1S/C14H18O3S/c1-3-5-11-6-8-12(9-7-11)14(16)18-10-13(15)17-4-2/h6-9H,3-5,10H2,1-2H3. The first kappa shape index (κ1) is 14.8. The molecule has 1 rings (SSSR count). The number of carbonyl (C=O) groups excluding carboxylic acids is 2. The molecule has 0 saturated heterocycles. The van der Waals surface area contributed by atoms with E-state index < -0.39 is 0 Å². The van der Waals surface area contributed by atoms with E-state index in [9.17, 15) is 9.59 Å². The van der Waals surface area contributed by atoms with Crippen LogP contribution in [0.2, 0.25) is 0 Å². The number of benzene rings is 1. The van der Waals surface area contributed by atoms with Gasteiger partial charge < -0.3 is 4.74 Å².